The summed E-state index contributed by atoms with van der Waals surface area (Å²) in [5.41, 5.74) is 2.16. The second-order valence-electron chi connectivity index (χ2n) is 6.04. The zero-order chi connectivity index (χ0) is 13.3. The van der Waals surface area contributed by atoms with E-state index in [9.17, 15) is 4.79 Å². The van der Waals surface area contributed by atoms with Crippen molar-refractivity contribution in [3.05, 3.63) is 33.8 Å². The molecule has 2 unspecified atom stereocenters. The number of rotatable bonds is 4. The van der Waals surface area contributed by atoms with Gasteiger partial charge >= 0.3 is 0 Å². The first kappa shape index (κ1) is 13.8. The molecule has 1 aromatic carbocycles. The van der Waals surface area contributed by atoms with Gasteiger partial charge < -0.3 is 0 Å². The van der Waals surface area contributed by atoms with E-state index >= 15 is 0 Å². The number of hydrogen-bond acceptors (Lipinski definition) is 1. The van der Waals surface area contributed by atoms with E-state index in [4.69, 9.17) is 0 Å². The highest BCUT2D eigenvalue weighted by Crippen LogP contribution is 2.33. The molecule has 1 aliphatic carbocycles. The summed E-state index contributed by atoms with van der Waals surface area (Å²) in [6, 6.07) is 6.10. The molecule has 0 heterocycles. The molecule has 0 radical (unpaired) electrons. The predicted molar refractivity (Wildman–Crippen MR) is 78.9 cm³/mol. The summed E-state index contributed by atoms with van der Waals surface area (Å²) in [7, 11) is 0. The van der Waals surface area contributed by atoms with E-state index < -0.39 is 0 Å². The summed E-state index contributed by atoms with van der Waals surface area (Å²) in [6.07, 6.45) is 3.18. The Kier molecular flexibility index (Phi) is 4.26. The van der Waals surface area contributed by atoms with Gasteiger partial charge in [-0.3, -0.25) is 4.79 Å². The Labute approximate surface area is 118 Å². The lowest BCUT2D eigenvalue weighted by Gasteiger charge is -2.17. The number of fused-ring (bicyclic) bond motifs is 1. The lowest BCUT2D eigenvalue weighted by Crippen LogP contribution is -2.14. The van der Waals surface area contributed by atoms with E-state index in [-0.39, 0.29) is 5.92 Å². The van der Waals surface area contributed by atoms with Gasteiger partial charge in [-0.2, -0.15) is 0 Å². The van der Waals surface area contributed by atoms with Gasteiger partial charge in [0, 0.05) is 16.0 Å². The Bertz CT molecular complexity index is 450. The molecule has 2 atom stereocenters. The van der Waals surface area contributed by atoms with Crippen molar-refractivity contribution in [3.8, 4) is 0 Å². The van der Waals surface area contributed by atoms with Gasteiger partial charge in [-0.05, 0) is 48.8 Å². The lowest BCUT2D eigenvalue weighted by molar-refractivity contribution is 0.0917. The Morgan fingerprint density at radius 1 is 1.33 bits per heavy atom. The molecule has 0 fully saturated rings. The third-order valence-corrected chi connectivity index (χ3v) is 4.23. The quantitative estimate of drug-likeness (QED) is 0.775. The van der Waals surface area contributed by atoms with Gasteiger partial charge in [0.05, 0.1) is 0 Å². The smallest absolute Gasteiger partial charge is 0.166 e. The maximum Gasteiger partial charge on any atom is 0.166 e. The molecule has 0 saturated heterocycles. The minimum absolute atomic E-state index is 0.211. The molecule has 98 valence electrons. The topological polar surface area (TPSA) is 17.1 Å². The van der Waals surface area contributed by atoms with Gasteiger partial charge in [-0.1, -0.05) is 42.8 Å². The molecular weight excluding hydrogens is 288 g/mol. The van der Waals surface area contributed by atoms with E-state index in [0.717, 1.165) is 22.9 Å². The van der Waals surface area contributed by atoms with Gasteiger partial charge in [0.2, 0.25) is 0 Å². The van der Waals surface area contributed by atoms with Gasteiger partial charge in [0.15, 0.2) is 5.78 Å². The van der Waals surface area contributed by atoms with Crippen LogP contribution in [-0.4, -0.2) is 5.78 Å². The second-order valence-corrected chi connectivity index (χ2v) is 6.95. The molecule has 0 aliphatic heterocycles. The zero-order valence-electron chi connectivity index (χ0n) is 11.4. The van der Waals surface area contributed by atoms with Crippen molar-refractivity contribution in [2.24, 2.45) is 17.8 Å². The number of carbonyl (C=O) groups is 1. The minimum atomic E-state index is 0.211. The van der Waals surface area contributed by atoms with Crippen molar-refractivity contribution < 1.29 is 4.79 Å². The average Bonchev–Trinajstić information content (AvgIpc) is 2.55. The van der Waals surface area contributed by atoms with Crippen molar-refractivity contribution in [1.29, 1.82) is 0 Å². The summed E-state index contributed by atoms with van der Waals surface area (Å²) in [5.74, 6) is 1.91. The summed E-state index contributed by atoms with van der Waals surface area (Å²) in [4.78, 5) is 12.3. The molecule has 1 aliphatic rings. The Morgan fingerprint density at radius 2 is 2.06 bits per heavy atom. The fraction of sp³-hybridized carbons (Fsp3) is 0.562. The fourth-order valence-electron chi connectivity index (χ4n) is 3.11. The third kappa shape index (κ3) is 3.03. The standard InChI is InChI=1S/C16H21BrO/c1-10(2)6-11(3)7-13-8-12-4-5-14(17)9-15(12)16(13)18/h4-5,9-11,13H,6-8H2,1-3H3. The van der Waals surface area contributed by atoms with Crippen molar-refractivity contribution in [2.45, 2.75) is 40.0 Å². The van der Waals surface area contributed by atoms with Crippen LogP contribution >= 0.6 is 15.9 Å². The molecular formula is C16H21BrO. The Balaban J connectivity index is 2.05. The van der Waals surface area contributed by atoms with E-state index in [2.05, 4.69) is 42.8 Å². The number of benzene rings is 1. The summed E-state index contributed by atoms with van der Waals surface area (Å²) >= 11 is 3.44. The third-order valence-electron chi connectivity index (χ3n) is 3.74. The van der Waals surface area contributed by atoms with E-state index in [1.807, 2.05) is 12.1 Å². The van der Waals surface area contributed by atoms with Crippen molar-refractivity contribution in [2.75, 3.05) is 0 Å². The second kappa shape index (κ2) is 5.56. The minimum Gasteiger partial charge on any atom is -0.294 e. The van der Waals surface area contributed by atoms with Gasteiger partial charge in [0.25, 0.3) is 0 Å². The van der Waals surface area contributed by atoms with Crippen LogP contribution in [0.5, 0.6) is 0 Å². The van der Waals surface area contributed by atoms with Crippen molar-refractivity contribution in [1.82, 2.24) is 0 Å². The monoisotopic (exact) mass is 308 g/mol. The zero-order valence-corrected chi connectivity index (χ0v) is 13.0. The highest BCUT2D eigenvalue weighted by molar-refractivity contribution is 9.10. The first-order chi connectivity index (χ1) is 8.47. The molecule has 0 bridgehead atoms. The van der Waals surface area contributed by atoms with Crippen LogP contribution < -0.4 is 0 Å². The van der Waals surface area contributed by atoms with Gasteiger partial charge in [0.1, 0.15) is 0 Å². The van der Waals surface area contributed by atoms with Crippen LogP contribution in [0.1, 0.15) is 49.5 Å². The molecule has 0 N–H and O–H groups in total. The van der Waals surface area contributed by atoms with Crippen LogP contribution in [0, 0.1) is 17.8 Å². The van der Waals surface area contributed by atoms with Crippen molar-refractivity contribution >= 4 is 21.7 Å². The predicted octanol–water partition coefficient (Wildman–Crippen LogP) is 4.88. The van der Waals surface area contributed by atoms with Crippen LogP contribution in [-0.2, 0) is 6.42 Å². The van der Waals surface area contributed by atoms with Gasteiger partial charge in [-0.25, -0.2) is 0 Å². The summed E-state index contributed by atoms with van der Waals surface area (Å²) in [6.45, 7) is 6.77. The highest BCUT2D eigenvalue weighted by Gasteiger charge is 2.31. The fourth-order valence-corrected chi connectivity index (χ4v) is 3.47. The maximum absolute atomic E-state index is 12.3. The molecule has 2 rings (SSSR count). The number of hydrogen-bond donors (Lipinski definition) is 0. The Hall–Kier alpha value is -0.630. The number of carbonyl (C=O) groups excluding carboxylic acids is 1. The van der Waals surface area contributed by atoms with Crippen LogP contribution in [0.15, 0.2) is 22.7 Å². The molecule has 2 heteroatoms. The maximum atomic E-state index is 12.3. The number of Topliss-reactive ketones (excluding diaryl/α,β-unsaturated/α-hetero) is 1. The molecule has 18 heavy (non-hydrogen) atoms. The SMILES string of the molecule is CC(C)CC(C)CC1Cc2ccc(Br)cc2C1=O. The van der Waals surface area contributed by atoms with Crippen LogP contribution in [0.25, 0.3) is 0 Å². The molecule has 0 aromatic heterocycles. The molecule has 1 aromatic rings. The van der Waals surface area contributed by atoms with E-state index in [1.165, 1.54) is 12.0 Å². The lowest BCUT2D eigenvalue weighted by atomic mass is 9.87. The van der Waals surface area contributed by atoms with E-state index in [1.54, 1.807) is 0 Å². The van der Waals surface area contributed by atoms with Gasteiger partial charge in [-0.15, -0.1) is 0 Å². The summed E-state index contributed by atoms with van der Waals surface area (Å²) in [5, 5.41) is 0. The average molecular weight is 309 g/mol. The number of halogens is 1. The molecule has 1 nitrogen and oxygen atoms in total. The summed E-state index contributed by atoms with van der Waals surface area (Å²) < 4.78 is 1.01. The first-order valence-corrected chi connectivity index (χ1v) is 7.59. The van der Waals surface area contributed by atoms with Crippen molar-refractivity contribution in [3.63, 3.8) is 0 Å². The Morgan fingerprint density at radius 3 is 2.72 bits per heavy atom. The van der Waals surface area contributed by atoms with E-state index in [0.29, 0.717) is 17.6 Å². The highest BCUT2D eigenvalue weighted by atomic mass is 79.9. The van der Waals surface area contributed by atoms with Crippen LogP contribution in [0.2, 0.25) is 0 Å². The molecule has 0 spiro atoms. The number of ketones is 1. The van der Waals surface area contributed by atoms with Crippen LogP contribution in [0.3, 0.4) is 0 Å². The van der Waals surface area contributed by atoms with Crippen LogP contribution in [0.4, 0.5) is 0 Å². The molecule has 0 amide bonds. The first-order valence-electron chi connectivity index (χ1n) is 6.80. The molecule has 0 saturated carbocycles. The largest absolute Gasteiger partial charge is 0.294 e. The normalized spacial score (nSPS) is 20.3.